The fourth-order valence-electron chi connectivity index (χ4n) is 3.33. The zero-order valence-electron chi connectivity index (χ0n) is 18.6. The van der Waals surface area contributed by atoms with E-state index in [4.69, 9.17) is 0 Å². The summed E-state index contributed by atoms with van der Waals surface area (Å²) in [4.78, 5) is 29.1. The molecule has 0 bridgehead atoms. The van der Waals surface area contributed by atoms with E-state index in [0.29, 0.717) is 18.7 Å². The molecule has 34 heavy (non-hydrogen) atoms. The van der Waals surface area contributed by atoms with Gasteiger partial charge >= 0.3 is 0 Å². The van der Waals surface area contributed by atoms with Crippen molar-refractivity contribution < 1.29 is 9.59 Å². The van der Waals surface area contributed by atoms with Crippen molar-refractivity contribution in [2.75, 3.05) is 6.54 Å². The Kier molecular flexibility index (Phi) is 7.98. The van der Waals surface area contributed by atoms with Crippen LogP contribution in [0.3, 0.4) is 0 Å². The van der Waals surface area contributed by atoms with Gasteiger partial charge in [0.2, 0.25) is 5.91 Å². The molecule has 0 atom stereocenters. The van der Waals surface area contributed by atoms with Crippen LogP contribution in [0.1, 0.15) is 27.2 Å². The number of aromatic nitrogens is 1. The van der Waals surface area contributed by atoms with Crippen molar-refractivity contribution in [1.29, 1.82) is 0 Å². The zero-order chi connectivity index (χ0) is 23.6. The maximum Gasteiger partial charge on any atom is 0.251 e. The van der Waals surface area contributed by atoms with E-state index >= 15 is 0 Å². The fraction of sp³-hybridized carbons (Fsp3) is 0.107. The highest BCUT2D eigenvalue weighted by molar-refractivity contribution is 7.13. The highest BCUT2D eigenvalue weighted by Gasteiger charge is 2.06. The van der Waals surface area contributed by atoms with E-state index in [-0.39, 0.29) is 11.8 Å². The molecule has 0 aliphatic carbocycles. The van der Waals surface area contributed by atoms with Gasteiger partial charge in [-0.05, 0) is 35.8 Å². The van der Waals surface area contributed by atoms with Crippen LogP contribution < -0.4 is 10.6 Å². The third kappa shape index (κ3) is 6.73. The number of carbonyl (C=O) groups is 2. The molecule has 2 amide bonds. The molecule has 0 unspecified atom stereocenters. The smallest absolute Gasteiger partial charge is 0.251 e. The summed E-state index contributed by atoms with van der Waals surface area (Å²) in [6.07, 6.45) is 3.98. The number of hydrogen-bond acceptors (Lipinski definition) is 4. The number of carbonyl (C=O) groups excluding carboxylic acids is 2. The highest BCUT2D eigenvalue weighted by Crippen LogP contribution is 2.23. The van der Waals surface area contributed by atoms with Gasteiger partial charge in [-0.2, -0.15) is 0 Å². The summed E-state index contributed by atoms with van der Waals surface area (Å²) in [5.74, 6) is -0.301. The first kappa shape index (κ1) is 23.1. The highest BCUT2D eigenvalue weighted by atomic mass is 32.1. The van der Waals surface area contributed by atoms with Crippen LogP contribution in [0.25, 0.3) is 16.6 Å². The van der Waals surface area contributed by atoms with E-state index in [1.165, 1.54) is 11.6 Å². The lowest BCUT2D eigenvalue weighted by Gasteiger charge is -2.07. The van der Waals surface area contributed by atoms with Crippen molar-refractivity contribution in [2.45, 2.75) is 13.0 Å². The molecule has 170 valence electrons. The summed E-state index contributed by atoms with van der Waals surface area (Å²) in [5, 5.41) is 8.64. The summed E-state index contributed by atoms with van der Waals surface area (Å²) in [7, 11) is 0. The maximum absolute atomic E-state index is 12.3. The number of nitrogens with one attached hydrogen (secondary N) is 2. The predicted octanol–water partition coefficient (Wildman–Crippen LogP) is 5.11. The second-order valence-corrected chi connectivity index (χ2v) is 8.54. The quantitative estimate of drug-likeness (QED) is 0.336. The molecule has 0 aliphatic heterocycles. The van der Waals surface area contributed by atoms with Crippen molar-refractivity contribution in [3.05, 3.63) is 119 Å². The first-order chi connectivity index (χ1) is 16.7. The third-order valence-corrected chi connectivity index (χ3v) is 6.08. The number of thiazole rings is 1. The lowest BCUT2D eigenvalue weighted by Crippen LogP contribution is -2.25. The third-order valence-electron chi connectivity index (χ3n) is 5.17. The first-order valence-corrected chi connectivity index (χ1v) is 11.9. The van der Waals surface area contributed by atoms with Gasteiger partial charge in [0.1, 0.15) is 5.01 Å². The van der Waals surface area contributed by atoms with Crippen molar-refractivity contribution >= 4 is 29.2 Å². The number of amides is 2. The molecular formula is C28H25N3O2S. The monoisotopic (exact) mass is 467 g/mol. The van der Waals surface area contributed by atoms with Gasteiger partial charge < -0.3 is 10.6 Å². The van der Waals surface area contributed by atoms with E-state index in [1.807, 2.05) is 78.2 Å². The van der Waals surface area contributed by atoms with Gasteiger partial charge in [-0.1, -0.05) is 72.8 Å². The van der Waals surface area contributed by atoms with Crippen LogP contribution in [0.4, 0.5) is 0 Å². The van der Waals surface area contributed by atoms with Crippen LogP contribution in [0, 0.1) is 0 Å². The minimum atomic E-state index is -0.197. The molecule has 2 N–H and O–H groups in total. The Morgan fingerprint density at radius 1 is 0.824 bits per heavy atom. The molecule has 0 fully saturated rings. The van der Waals surface area contributed by atoms with Gasteiger partial charge in [0.05, 0.1) is 5.69 Å². The van der Waals surface area contributed by atoms with E-state index in [9.17, 15) is 9.59 Å². The molecule has 6 heteroatoms. The Balaban J connectivity index is 1.22. The molecule has 0 saturated heterocycles. The van der Waals surface area contributed by atoms with Crippen LogP contribution >= 0.6 is 11.3 Å². The molecule has 4 rings (SSSR count). The normalized spacial score (nSPS) is 10.8. The molecular weight excluding hydrogens is 442 g/mol. The second kappa shape index (κ2) is 11.7. The Labute approximate surface area is 203 Å². The Bertz CT molecular complexity index is 1250. The average Bonchev–Trinajstić information content (AvgIpc) is 3.37. The number of nitrogens with zero attached hydrogens (tertiary/aromatic N) is 1. The lowest BCUT2D eigenvalue weighted by atomic mass is 10.1. The largest absolute Gasteiger partial charge is 0.352 e. The van der Waals surface area contributed by atoms with Crippen molar-refractivity contribution in [3.63, 3.8) is 0 Å². The molecule has 4 aromatic rings. The molecule has 3 aromatic carbocycles. The Morgan fingerprint density at radius 3 is 2.26 bits per heavy atom. The van der Waals surface area contributed by atoms with Gasteiger partial charge in [0, 0.05) is 35.7 Å². The Morgan fingerprint density at radius 2 is 1.53 bits per heavy atom. The summed E-state index contributed by atoms with van der Waals surface area (Å²) in [5.41, 5.74) is 4.52. The van der Waals surface area contributed by atoms with E-state index in [2.05, 4.69) is 15.6 Å². The molecule has 5 nitrogen and oxygen atoms in total. The van der Waals surface area contributed by atoms with Crippen molar-refractivity contribution in [1.82, 2.24) is 15.6 Å². The number of rotatable bonds is 9. The van der Waals surface area contributed by atoms with Crippen molar-refractivity contribution in [3.8, 4) is 10.6 Å². The molecule has 1 aromatic heterocycles. The standard InChI is InChI=1S/C28H25N3O2S/c32-26(16-15-25-20-34-28(31-25)24-9-5-2-6-10-24)30-19-22-11-13-23(14-12-22)27(33)29-18-17-21-7-3-1-4-8-21/h1-16,20H,17-19H2,(H,29,33)(H,30,32)/b16-15+. The fourth-order valence-corrected chi connectivity index (χ4v) is 4.12. The van der Waals surface area contributed by atoms with Gasteiger partial charge in [-0.3, -0.25) is 9.59 Å². The number of benzene rings is 3. The number of hydrogen-bond donors (Lipinski definition) is 2. The van der Waals surface area contributed by atoms with Gasteiger partial charge in [-0.25, -0.2) is 4.98 Å². The van der Waals surface area contributed by atoms with Crippen LogP contribution in [0.2, 0.25) is 0 Å². The van der Waals surface area contributed by atoms with Gasteiger partial charge in [0.15, 0.2) is 0 Å². The minimum Gasteiger partial charge on any atom is -0.352 e. The average molecular weight is 468 g/mol. The zero-order valence-corrected chi connectivity index (χ0v) is 19.4. The van der Waals surface area contributed by atoms with Gasteiger partial charge in [-0.15, -0.1) is 11.3 Å². The summed E-state index contributed by atoms with van der Waals surface area (Å²) < 4.78 is 0. The SMILES string of the molecule is O=C(/C=C/c1csc(-c2ccccc2)n1)NCc1ccc(C(=O)NCCc2ccccc2)cc1. The van der Waals surface area contributed by atoms with Crippen LogP contribution in [0.15, 0.2) is 96.4 Å². The Hall–Kier alpha value is -4.03. The maximum atomic E-state index is 12.3. The molecule has 0 saturated carbocycles. The summed E-state index contributed by atoms with van der Waals surface area (Å²) in [6, 6.07) is 27.2. The summed E-state index contributed by atoms with van der Waals surface area (Å²) >= 11 is 1.54. The van der Waals surface area contributed by atoms with Crippen LogP contribution in [-0.4, -0.2) is 23.3 Å². The van der Waals surface area contributed by atoms with Crippen LogP contribution in [0.5, 0.6) is 0 Å². The van der Waals surface area contributed by atoms with E-state index < -0.39 is 0 Å². The molecule has 0 spiro atoms. The lowest BCUT2D eigenvalue weighted by molar-refractivity contribution is -0.116. The van der Waals surface area contributed by atoms with Gasteiger partial charge in [0.25, 0.3) is 5.91 Å². The van der Waals surface area contributed by atoms with E-state index in [1.54, 1.807) is 29.5 Å². The predicted molar refractivity (Wildman–Crippen MR) is 137 cm³/mol. The van der Waals surface area contributed by atoms with Crippen molar-refractivity contribution in [2.24, 2.45) is 0 Å². The topological polar surface area (TPSA) is 71.1 Å². The first-order valence-electron chi connectivity index (χ1n) is 11.1. The summed E-state index contributed by atoms with van der Waals surface area (Å²) in [6.45, 7) is 0.963. The molecule has 0 radical (unpaired) electrons. The van der Waals surface area contributed by atoms with E-state index in [0.717, 1.165) is 28.2 Å². The molecule has 0 aliphatic rings. The molecule has 1 heterocycles. The van der Waals surface area contributed by atoms with Crippen LogP contribution in [-0.2, 0) is 17.8 Å². The minimum absolute atomic E-state index is 0.104. The second-order valence-electron chi connectivity index (χ2n) is 7.68.